The molecule has 86 valence electrons. The number of aliphatic hydroxyl groups excluding tert-OH is 2. The smallest absolute Gasteiger partial charge is 0.129 e. The van der Waals surface area contributed by atoms with Crippen molar-refractivity contribution in [3.63, 3.8) is 0 Å². The van der Waals surface area contributed by atoms with Crippen molar-refractivity contribution in [3.05, 3.63) is 23.7 Å². The van der Waals surface area contributed by atoms with E-state index < -0.39 is 0 Å². The topological polar surface area (TPSA) is 74.9 Å². The molecule has 0 bridgehead atoms. The fraction of sp³-hybridized carbons (Fsp3) is 0.600. The SMILES string of the molecule is COCc1ccc(CNC(CO)CO)o1. The fourth-order valence-corrected chi connectivity index (χ4v) is 1.17. The van der Waals surface area contributed by atoms with Gasteiger partial charge in [0, 0.05) is 7.11 Å². The predicted octanol–water partition coefficient (Wildman–Crippen LogP) is -0.131. The van der Waals surface area contributed by atoms with Crippen LogP contribution in [0.3, 0.4) is 0 Å². The molecule has 0 aromatic carbocycles. The molecule has 0 saturated heterocycles. The molecular weight excluding hydrogens is 198 g/mol. The second-order valence-electron chi connectivity index (χ2n) is 3.24. The summed E-state index contributed by atoms with van der Waals surface area (Å²) < 4.78 is 10.3. The number of rotatable bonds is 7. The molecule has 0 amide bonds. The highest BCUT2D eigenvalue weighted by Gasteiger charge is 2.06. The number of nitrogens with one attached hydrogen (secondary N) is 1. The van der Waals surface area contributed by atoms with Crippen LogP contribution >= 0.6 is 0 Å². The van der Waals surface area contributed by atoms with Gasteiger partial charge in [-0.15, -0.1) is 0 Å². The lowest BCUT2D eigenvalue weighted by molar-refractivity contribution is 0.158. The summed E-state index contributed by atoms with van der Waals surface area (Å²) in [5, 5.41) is 20.6. The van der Waals surface area contributed by atoms with Crippen LogP contribution in [0.5, 0.6) is 0 Å². The van der Waals surface area contributed by atoms with Gasteiger partial charge in [-0.1, -0.05) is 0 Å². The van der Waals surface area contributed by atoms with Crippen LogP contribution in [0.1, 0.15) is 11.5 Å². The normalized spacial score (nSPS) is 11.2. The average molecular weight is 215 g/mol. The maximum Gasteiger partial charge on any atom is 0.129 e. The second-order valence-corrected chi connectivity index (χ2v) is 3.24. The van der Waals surface area contributed by atoms with Crippen molar-refractivity contribution >= 4 is 0 Å². The highest BCUT2D eigenvalue weighted by molar-refractivity contribution is 5.06. The first-order valence-electron chi connectivity index (χ1n) is 4.81. The minimum absolute atomic E-state index is 0.0951. The van der Waals surface area contributed by atoms with E-state index >= 15 is 0 Å². The third kappa shape index (κ3) is 4.01. The van der Waals surface area contributed by atoms with Crippen molar-refractivity contribution in [1.82, 2.24) is 5.32 Å². The largest absolute Gasteiger partial charge is 0.462 e. The van der Waals surface area contributed by atoms with Crippen LogP contribution in [0.2, 0.25) is 0 Å². The maximum atomic E-state index is 8.82. The Hall–Kier alpha value is -0.880. The van der Waals surface area contributed by atoms with Gasteiger partial charge in [0.05, 0.1) is 25.8 Å². The monoisotopic (exact) mass is 215 g/mol. The van der Waals surface area contributed by atoms with Gasteiger partial charge in [0.2, 0.25) is 0 Å². The lowest BCUT2D eigenvalue weighted by Crippen LogP contribution is -2.35. The molecule has 15 heavy (non-hydrogen) atoms. The fourth-order valence-electron chi connectivity index (χ4n) is 1.17. The van der Waals surface area contributed by atoms with Gasteiger partial charge >= 0.3 is 0 Å². The molecule has 1 rings (SSSR count). The number of hydrogen-bond acceptors (Lipinski definition) is 5. The molecule has 0 fully saturated rings. The second kappa shape index (κ2) is 6.58. The Morgan fingerprint density at radius 2 is 2.00 bits per heavy atom. The Bertz CT molecular complexity index is 270. The molecule has 0 aliphatic rings. The molecule has 0 unspecified atom stereocenters. The maximum absolute atomic E-state index is 8.82. The summed E-state index contributed by atoms with van der Waals surface area (Å²) in [5.74, 6) is 1.52. The third-order valence-corrected chi connectivity index (χ3v) is 2.01. The van der Waals surface area contributed by atoms with Crippen molar-refractivity contribution in [2.24, 2.45) is 0 Å². The van der Waals surface area contributed by atoms with Crippen molar-refractivity contribution in [1.29, 1.82) is 0 Å². The Morgan fingerprint density at radius 3 is 2.60 bits per heavy atom. The van der Waals surface area contributed by atoms with E-state index in [9.17, 15) is 0 Å². The molecule has 1 heterocycles. The Labute approximate surface area is 88.7 Å². The summed E-state index contributed by atoms with van der Waals surface area (Å²) in [6.07, 6.45) is 0. The summed E-state index contributed by atoms with van der Waals surface area (Å²) in [6, 6.07) is 3.38. The number of hydrogen-bond donors (Lipinski definition) is 3. The summed E-state index contributed by atoms with van der Waals surface area (Å²) >= 11 is 0. The molecule has 0 spiro atoms. The summed E-state index contributed by atoms with van der Waals surface area (Å²) in [7, 11) is 1.61. The zero-order chi connectivity index (χ0) is 11.1. The van der Waals surface area contributed by atoms with Crippen molar-refractivity contribution < 1.29 is 19.4 Å². The predicted molar refractivity (Wildman–Crippen MR) is 54.2 cm³/mol. The first kappa shape index (κ1) is 12.2. The molecule has 0 atom stereocenters. The molecule has 0 saturated carbocycles. The molecule has 0 aliphatic heterocycles. The highest BCUT2D eigenvalue weighted by Crippen LogP contribution is 2.08. The Balaban J connectivity index is 2.36. The van der Waals surface area contributed by atoms with Crippen molar-refractivity contribution in [2.45, 2.75) is 19.2 Å². The lowest BCUT2D eigenvalue weighted by atomic mass is 10.3. The number of aliphatic hydroxyl groups is 2. The van der Waals surface area contributed by atoms with Gasteiger partial charge in [-0.25, -0.2) is 0 Å². The van der Waals surface area contributed by atoms with Crippen LogP contribution in [0, 0.1) is 0 Å². The van der Waals surface area contributed by atoms with E-state index in [1.807, 2.05) is 12.1 Å². The van der Waals surface area contributed by atoms with Gasteiger partial charge < -0.3 is 24.7 Å². The zero-order valence-electron chi connectivity index (χ0n) is 8.77. The van der Waals surface area contributed by atoms with E-state index in [1.165, 1.54) is 0 Å². The minimum Gasteiger partial charge on any atom is -0.462 e. The molecule has 0 radical (unpaired) electrons. The first-order chi connectivity index (χ1) is 7.30. The molecule has 1 aromatic heterocycles. The van der Waals surface area contributed by atoms with E-state index in [-0.39, 0.29) is 19.3 Å². The number of methoxy groups -OCH3 is 1. The Kier molecular flexibility index (Phi) is 5.34. The molecule has 5 heteroatoms. The summed E-state index contributed by atoms with van der Waals surface area (Å²) in [5.41, 5.74) is 0. The van der Waals surface area contributed by atoms with E-state index in [2.05, 4.69) is 5.32 Å². The molecule has 0 aliphatic carbocycles. The third-order valence-electron chi connectivity index (χ3n) is 2.01. The standard InChI is InChI=1S/C10H17NO4/c1-14-7-10-3-2-9(15-10)4-11-8(5-12)6-13/h2-3,8,11-13H,4-7H2,1H3. The van der Waals surface area contributed by atoms with E-state index in [4.69, 9.17) is 19.4 Å². The van der Waals surface area contributed by atoms with Crippen LogP contribution in [0.15, 0.2) is 16.5 Å². The van der Waals surface area contributed by atoms with Gasteiger partial charge in [-0.05, 0) is 12.1 Å². The number of ether oxygens (including phenoxy) is 1. The van der Waals surface area contributed by atoms with E-state index in [1.54, 1.807) is 7.11 Å². The Morgan fingerprint density at radius 1 is 1.33 bits per heavy atom. The van der Waals surface area contributed by atoms with Crippen molar-refractivity contribution in [2.75, 3.05) is 20.3 Å². The van der Waals surface area contributed by atoms with Gasteiger partial charge in [0.1, 0.15) is 18.1 Å². The molecule has 1 aromatic rings. The van der Waals surface area contributed by atoms with Gasteiger partial charge in [-0.2, -0.15) is 0 Å². The highest BCUT2D eigenvalue weighted by atomic mass is 16.5. The van der Waals surface area contributed by atoms with Gasteiger partial charge in [-0.3, -0.25) is 0 Å². The minimum atomic E-state index is -0.305. The summed E-state index contributed by atoms with van der Waals surface area (Å²) in [6.45, 7) is 0.739. The quantitative estimate of drug-likeness (QED) is 0.590. The van der Waals surface area contributed by atoms with Crippen LogP contribution < -0.4 is 5.32 Å². The number of furan rings is 1. The first-order valence-corrected chi connectivity index (χ1v) is 4.81. The molecule has 5 nitrogen and oxygen atoms in total. The van der Waals surface area contributed by atoms with E-state index in [0.717, 1.165) is 11.5 Å². The van der Waals surface area contributed by atoms with E-state index in [0.29, 0.717) is 13.2 Å². The van der Waals surface area contributed by atoms with Crippen LogP contribution in [0.25, 0.3) is 0 Å². The van der Waals surface area contributed by atoms with Gasteiger partial charge in [0.15, 0.2) is 0 Å². The van der Waals surface area contributed by atoms with Crippen LogP contribution in [-0.4, -0.2) is 36.6 Å². The molecule has 3 N–H and O–H groups in total. The van der Waals surface area contributed by atoms with Crippen LogP contribution in [-0.2, 0) is 17.9 Å². The van der Waals surface area contributed by atoms with Crippen LogP contribution in [0.4, 0.5) is 0 Å². The van der Waals surface area contributed by atoms with Gasteiger partial charge in [0.25, 0.3) is 0 Å². The lowest BCUT2D eigenvalue weighted by Gasteiger charge is -2.11. The summed E-state index contributed by atoms with van der Waals surface area (Å²) in [4.78, 5) is 0. The average Bonchev–Trinajstić information content (AvgIpc) is 2.68. The van der Waals surface area contributed by atoms with Crippen molar-refractivity contribution in [3.8, 4) is 0 Å². The zero-order valence-corrected chi connectivity index (χ0v) is 8.77. The molecular formula is C10H17NO4.